The molecule has 0 saturated heterocycles. The van der Waals surface area contributed by atoms with Crippen molar-refractivity contribution < 1.29 is 9.53 Å². The lowest BCUT2D eigenvalue weighted by atomic mass is 9.84. The van der Waals surface area contributed by atoms with E-state index >= 15 is 0 Å². The highest BCUT2D eigenvalue weighted by atomic mass is 35.5. The number of esters is 1. The molecular formula is C16H21ClO2. The molecule has 0 heterocycles. The predicted octanol–water partition coefficient (Wildman–Crippen LogP) is 4.58. The quantitative estimate of drug-likeness (QED) is 0.596. The van der Waals surface area contributed by atoms with E-state index in [-0.39, 0.29) is 5.97 Å². The van der Waals surface area contributed by atoms with E-state index in [0.717, 1.165) is 5.56 Å². The van der Waals surface area contributed by atoms with Crippen LogP contribution in [0.5, 0.6) is 0 Å². The van der Waals surface area contributed by atoms with E-state index in [1.807, 2.05) is 12.1 Å². The maximum atomic E-state index is 11.6. The van der Waals surface area contributed by atoms with Crippen molar-refractivity contribution in [2.45, 2.75) is 50.3 Å². The molecule has 1 atom stereocenters. The van der Waals surface area contributed by atoms with Gasteiger partial charge in [0.1, 0.15) is 0 Å². The van der Waals surface area contributed by atoms with E-state index in [2.05, 4.69) is 12.1 Å². The van der Waals surface area contributed by atoms with Gasteiger partial charge in [-0.2, -0.15) is 0 Å². The zero-order valence-corrected chi connectivity index (χ0v) is 12.2. The Kier molecular flexibility index (Phi) is 5.26. The third-order valence-corrected chi connectivity index (χ3v) is 4.23. The summed E-state index contributed by atoms with van der Waals surface area (Å²) >= 11 is 6.10. The molecule has 0 unspecified atom stereocenters. The highest BCUT2D eigenvalue weighted by molar-refractivity contribution is 6.29. The SMILES string of the molecule is CCOC(=O)[C@H](Cl)c1ccc(C2CCCCC2)cc1. The highest BCUT2D eigenvalue weighted by Crippen LogP contribution is 2.33. The van der Waals surface area contributed by atoms with Gasteiger partial charge in [-0.3, -0.25) is 4.79 Å². The van der Waals surface area contributed by atoms with Crippen LogP contribution in [0, 0.1) is 0 Å². The van der Waals surface area contributed by atoms with E-state index < -0.39 is 5.38 Å². The Morgan fingerprint density at radius 2 is 1.89 bits per heavy atom. The molecule has 1 fully saturated rings. The third kappa shape index (κ3) is 3.73. The van der Waals surface area contributed by atoms with Crippen molar-refractivity contribution in [3.63, 3.8) is 0 Å². The van der Waals surface area contributed by atoms with E-state index in [4.69, 9.17) is 16.3 Å². The number of ether oxygens (including phenoxy) is 1. The minimum atomic E-state index is -0.694. The molecule has 104 valence electrons. The molecule has 0 aliphatic heterocycles. The molecule has 2 rings (SSSR count). The Bertz CT molecular complexity index is 407. The van der Waals surface area contributed by atoms with E-state index in [1.165, 1.54) is 37.7 Å². The molecule has 0 amide bonds. The molecule has 0 bridgehead atoms. The standard InChI is InChI=1S/C16H21ClO2/c1-2-19-16(18)15(17)14-10-8-13(9-11-14)12-6-4-3-5-7-12/h8-12,15H,2-7H2,1H3/t15-/m1/s1. The van der Waals surface area contributed by atoms with Crippen LogP contribution in [0.25, 0.3) is 0 Å². The highest BCUT2D eigenvalue weighted by Gasteiger charge is 2.20. The van der Waals surface area contributed by atoms with Gasteiger partial charge in [0.25, 0.3) is 0 Å². The van der Waals surface area contributed by atoms with Crippen LogP contribution in [0.2, 0.25) is 0 Å². The lowest BCUT2D eigenvalue weighted by Crippen LogP contribution is -2.11. The lowest BCUT2D eigenvalue weighted by molar-refractivity contribution is -0.142. The molecule has 1 aromatic rings. The number of benzene rings is 1. The topological polar surface area (TPSA) is 26.3 Å². The monoisotopic (exact) mass is 280 g/mol. The van der Waals surface area contributed by atoms with Gasteiger partial charge in [0, 0.05) is 0 Å². The fourth-order valence-corrected chi connectivity index (χ4v) is 2.93. The number of hydrogen-bond acceptors (Lipinski definition) is 2. The molecule has 1 aliphatic carbocycles. The van der Waals surface area contributed by atoms with Crippen molar-refractivity contribution in [2.24, 2.45) is 0 Å². The third-order valence-electron chi connectivity index (χ3n) is 3.80. The van der Waals surface area contributed by atoms with Crippen molar-refractivity contribution in [1.82, 2.24) is 0 Å². The Hall–Kier alpha value is -1.02. The normalized spacial score (nSPS) is 18.0. The number of halogens is 1. The molecular weight excluding hydrogens is 260 g/mol. The maximum absolute atomic E-state index is 11.6. The van der Waals surface area contributed by atoms with Crippen LogP contribution in [0.4, 0.5) is 0 Å². The summed E-state index contributed by atoms with van der Waals surface area (Å²) in [7, 11) is 0. The maximum Gasteiger partial charge on any atom is 0.328 e. The first-order valence-electron chi connectivity index (χ1n) is 7.13. The van der Waals surface area contributed by atoms with Crippen LogP contribution in [0.3, 0.4) is 0 Å². The van der Waals surface area contributed by atoms with Crippen LogP contribution in [0.15, 0.2) is 24.3 Å². The van der Waals surface area contributed by atoms with E-state index in [0.29, 0.717) is 12.5 Å². The van der Waals surface area contributed by atoms with Gasteiger partial charge in [-0.05, 0) is 36.8 Å². The first-order valence-corrected chi connectivity index (χ1v) is 7.56. The Labute approximate surface area is 120 Å². The van der Waals surface area contributed by atoms with Gasteiger partial charge in [-0.1, -0.05) is 43.5 Å². The zero-order chi connectivity index (χ0) is 13.7. The minimum absolute atomic E-state index is 0.363. The molecule has 1 saturated carbocycles. The molecule has 0 spiro atoms. The van der Waals surface area contributed by atoms with Crippen LogP contribution in [-0.2, 0) is 9.53 Å². The minimum Gasteiger partial charge on any atom is -0.465 e. The second kappa shape index (κ2) is 6.95. The molecule has 1 aromatic carbocycles. The number of hydrogen-bond donors (Lipinski definition) is 0. The average molecular weight is 281 g/mol. The molecule has 19 heavy (non-hydrogen) atoms. The van der Waals surface area contributed by atoms with Gasteiger partial charge in [0.2, 0.25) is 0 Å². The van der Waals surface area contributed by atoms with Crippen molar-refractivity contribution in [1.29, 1.82) is 0 Å². The van der Waals surface area contributed by atoms with Crippen molar-refractivity contribution in [3.8, 4) is 0 Å². The van der Waals surface area contributed by atoms with Crippen molar-refractivity contribution in [2.75, 3.05) is 6.61 Å². The summed E-state index contributed by atoms with van der Waals surface area (Å²) in [5.74, 6) is 0.314. The molecule has 1 aliphatic rings. The van der Waals surface area contributed by atoms with Gasteiger partial charge in [-0.15, -0.1) is 11.6 Å². The molecule has 3 heteroatoms. The lowest BCUT2D eigenvalue weighted by Gasteiger charge is -2.22. The molecule has 0 radical (unpaired) electrons. The van der Waals surface area contributed by atoms with Crippen molar-refractivity contribution >= 4 is 17.6 Å². The Morgan fingerprint density at radius 1 is 1.26 bits per heavy atom. The summed E-state index contributed by atoms with van der Waals surface area (Å²) in [5.41, 5.74) is 2.19. The first-order chi connectivity index (χ1) is 9.22. The van der Waals surface area contributed by atoms with E-state index in [9.17, 15) is 4.79 Å². The van der Waals surface area contributed by atoms with Gasteiger partial charge in [-0.25, -0.2) is 0 Å². The van der Waals surface area contributed by atoms with Gasteiger partial charge in [0.15, 0.2) is 5.38 Å². The van der Waals surface area contributed by atoms with Crippen LogP contribution >= 0.6 is 11.6 Å². The summed E-state index contributed by atoms with van der Waals surface area (Å²) in [6.07, 6.45) is 6.57. The number of alkyl halides is 1. The summed E-state index contributed by atoms with van der Waals surface area (Å²) in [6, 6.07) is 8.14. The summed E-state index contributed by atoms with van der Waals surface area (Å²) < 4.78 is 4.93. The smallest absolute Gasteiger partial charge is 0.328 e. The van der Waals surface area contributed by atoms with Crippen molar-refractivity contribution in [3.05, 3.63) is 35.4 Å². The van der Waals surface area contributed by atoms with Crippen LogP contribution in [0.1, 0.15) is 61.4 Å². The number of carbonyl (C=O) groups is 1. The summed E-state index contributed by atoms with van der Waals surface area (Å²) in [5, 5.41) is -0.694. The second-order valence-corrected chi connectivity index (χ2v) is 5.55. The van der Waals surface area contributed by atoms with Gasteiger partial charge >= 0.3 is 5.97 Å². The second-order valence-electron chi connectivity index (χ2n) is 5.12. The number of carbonyl (C=O) groups excluding carboxylic acids is 1. The van der Waals surface area contributed by atoms with Gasteiger partial charge < -0.3 is 4.74 Å². The molecule has 2 nitrogen and oxygen atoms in total. The Morgan fingerprint density at radius 3 is 2.47 bits per heavy atom. The zero-order valence-electron chi connectivity index (χ0n) is 11.4. The average Bonchev–Trinajstić information content (AvgIpc) is 2.48. The Balaban J connectivity index is 2.03. The van der Waals surface area contributed by atoms with Crippen LogP contribution < -0.4 is 0 Å². The molecule has 0 aromatic heterocycles. The predicted molar refractivity (Wildman–Crippen MR) is 77.5 cm³/mol. The fraction of sp³-hybridized carbons (Fsp3) is 0.562. The summed E-state index contributed by atoms with van der Waals surface area (Å²) in [6.45, 7) is 2.15. The fourth-order valence-electron chi connectivity index (χ4n) is 2.72. The largest absolute Gasteiger partial charge is 0.465 e. The van der Waals surface area contributed by atoms with Crippen LogP contribution in [-0.4, -0.2) is 12.6 Å². The van der Waals surface area contributed by atoms with E-state index in [1.54, 1.807) is 6.92 Å². The number of rotatable bonds is 4. The summed E-state index contributed by atoms with van der Waals surface area (Å²) in [4.78, 5) is 11.6. The molecule has 0 N–H and O–H groups in total. The van der Waals surface area contributed by atoms with Gasteiger partial charge in [0.05, 0.1) is 6.61 Å². The first kappa shape index (κ1) is 14.4.